The van der Waals surface area contributed by atoms with Gasteiger partial charge in [0, 0.05) is 29.9 Å². The molecule has 0 atom stereocenters. The quantitative estimate of drug-likeness (QED) is 0.632. The molecule has 0 aliphatic carbocycles. The minimum absolute atomic E-state index is 0.505. The van der Waals surface area contributed by atoms with Crippen LogP contribution in [0.25, 0.3) is 0 Å². The SMILES string of the molecule is CC(C)c1cncc2c1OCC2. The van der Waals surface area contributed by atoms with Gasteiger partial charge in [0.15, 0.2) is 0 Å². The lowest BCUT2D eigenvalue weighted by molar-refractivity contribution is 0.352. The molecule has 2 rings (SSSR count). The van der Waals surface area contributed by atoms with Crippen molar-refractivity contribution < 1.29 is 4.74 Å². The molecule has 1 aromatic heterocycles. The first-order chi connectivity index (χ1) is 5.79. The van der Waals surface area contributed by atoms with Crippen LogP contribution in [0.5, 0.6) is 5.75 Å². The molecule has 0 bridgehead atoms. The van der Waals surface area contributed by atoms with Crippen molar-refractivity contribution in [1.82, 2.24) is 4.98 Å². The topological polar surface area (TPSA) is 22.1 Å². The highest BCUT2D eigenvalue weighted by atomic mass is 16.5. The highest BCUT2D eigenvalue weighted by Gasteiger charge is 2.17. The second-order valence-corrected chi connectivity index (χ2v) is 3.47. The largest absolute Gasteiger partial charge is 0.493 e. The average molecular weight is 163 g/mol. The number of fused-ring (bicyclic) bond motifs is 1. The van der Waals surface area contributed by atoms with E-state index in [1.165, 1.54) is 11.1 Å². The molecular formula is C10H13NO. The number of hydrogen-bond acceptors (Lipinski definition) is 2. The Kier molecular flexibility index (Phi) is 1.75. The standard InChI is InChI=1S/C10H13NO/c1-7(2)9-6-11-5-8-3-4-12-10(8)9/h5-7H,3-4H2,1-2H3. The van der Waals surface area contributed by atoms with E-state index in [9.17, 15) is 0 Å². The predicted octanol–water partition coefficient (Wildman–Crippen LogP) is 2.14. The van der Waals surface area contributed by atoms with E-state index in [0.29, 0.717) is 5.92 Å². The molecule has 0 unspecified atom stereocenters. The molecule has 12 heavy (non-hydrogen) atoms. The van der Waals surface area contributed by atoms with E-state index < -0.39 is 0 Å². The van der Waals surface area contributed by atoms with Crippen LogP contribution in [0.2, 0.25) is 0 Å². The maximum absolute atomic E-state index is 5.55. The second-order valence-electron chi connectivity index (χ2n) is 3.47. The Morgan fingerprint density at radius 3 is 3.00 bits per heavy atom. The maximum Gasteiger partial charge on any atom is 0.129 e. The van der Waals surface area contributed by atoms with Crippen LogP contribution in [-0.2, 0) is 6.42 Å². The van der Waals surface area contributed by atoms with Crippen LogP contribution in [0.1, 0.15) is 30.9 Å². The molecule has 0 saturated carbocycles. The summed E-state index contributed by atoms with van der Waals surface area (Å²) in [6, 6.07) is 0. The molecule has 0 N–H and O–H groups in total. The Labute approximate surface area is 72.6 Å². The molecule has 2 heteroatoms. The van der Waals surface area contributed by atoms with Gasteiger partial charge < -0.3 is 4.74 Å². The van der Waals surface area contributed by atoms with Gasteiger partial charge in [0.2, 0.25) is 0 Å². The summed E-state index contributed by atoms with van der Waals surface area (Å²) >= 11 is 0. The van der Waals surface area contributed by atoms with Crippen LogP contribution in [0.4, 0.5) is 0 Å². The molecule has 0 amide bonds. The number of aromatic nitrogens is 1. The maximum atomic E-state index is 5.55. The summed E-state index contributed by atoms with van der Waals surface area (Å²) in [5.41, 5.74) is 2.51. The Morgan fingerprint density at radius 1 is 1.42 bits per heavy atom. The van der Waals surface area contributed by atoms with Crippen LogP contribution in [0.3, 0.4) is 0 Å². The Bertz CT molecular complexity index is 294. The van der Waals surface area contributed by atoms with E-state index in [4.69, 9.17) is 4.74 Å². The number of ether oxygens (including phenoxy) is 1. The summed E-state index contributed by atoms with van der Waals surface area (Å²) in [5, 5.41) is 0. The fourth-order valence-corrected chi connectivity index (χ4v) is 1.54. The summed E-state index contributed by atoms with van der Waals surface area (Å²) in [6.07, 6.45) is 4.84. The summed E-state index contributed by atoms with van der Waals surface area (Å²) in [4.78, 5) is 4.20. The molecule has 0 spiro atoms. The van der Waals surface area contributed by atoms with Crippen molar-refractivity contribution >= 4 is 0 Å². The first-order valence-electron chi connectivity index (χ1n) is 4.38. The van der Waals surface area contributed by atoms with Crippen LogP contribution in [0.15, 0.2) is 12.4 Å². The van der Waals surface area contributed by atoms with Crippen molar-refractivity contribution in [3.63, 3.8) is 0 Å². The lowest BCUT2D eigenvalue weighted by atomic mass is 10.0. The Morgan fingerprint density at radius 2 is 2.25 bits per heavy atom. The van der Waals surface area contributed by atoms with Crippen molar-refractivity contribution in [2.24, 2.45) is 0 Å². The van der Waals surface area contributed by atoms with E-state index in [1.54, 1.807) is 0 Å². The molecule has 2 nitrogen and oxygen atoms in total. The smallest absolute Gasteiger partial charge is 0.129 e. The summed E-state index contributed by atoms with van der Waals surface area (Å²) < 4.78 is 5.55. The monoisotopic (exact) mass is 163 g/mol. The van der Waals surface area contributed by atoms with Crippen molar-refractivity contribution in [2.75, 3.05) is 6.61 Å². The van der Waals surface area contributed by atoms with Gasteiger partial charge in [-0.05, 0) is 5.92 Å². The van der Waals surface area contributed by atoms with E-state index >= 15 is 0 Å². The molecule has 0 saturated heterocycles. The fourth-order valence-electron chi connectivity index (χ4n) is 1.54. The molecule has 1 aliphatic rings. The minimum Gasteiger partial charge on any atom is -0.493 e. The fraction of sp³-hybridized carbons (Fsp3) is 0.500. The summed E-state index contributed by atoms with van der Waals surface area (Å²) in [5.74, 6) is 1.59. The Hall–Kier alpha value is -1.05. The van der Waals surface area contributed by atoms with Gasteiger partial charge in [-0.15, -0.1) is 0 Å². The zero-order valence-corrected chi connectivity index (χ0v) is 7.50. The number of pyridine rings is 1. The molecule has 0 radical (unpaired) electrons. The van der Waals surface area contributed by atoms with Crippen molar-refractivity contribution in [1.29, 1.82) is 0 Å². The van der Waals surface area contributed by atoms with Gasteiger partial charge in [0.1, 0.15) is 5.75 Å². The molecule has 1 aromatic rings. The summed E-state index contributed by atoms with van der Waals surface area (Å²) in [6.45, 7) is 5.15. The highest BCUT2D eigenvalue weighted by molar-refractivity contribution is 5.42. The normalized spacial score (nSPS) is 14.6. The van der Waals surface area contributed by atoms with E-state index in [1.807, 2.05) is 12.4 Å². The molecule has 64 valence electrons. The van der Waals surface area contributed by atoms with Crippen molar-refractivity contribution in [3.8, 4) is 5.75 Å². The first-order valence-corrected chi connectivity index (χ1v) is 4.38. The van der Waals surface area contributed by atoms with Gasteiger partial charge in [-0.3, -0.25) is 4.98 Å². The zero-order chi connectivity index (χ0) is 8.55. The van der Waals surface area contributed by atoms with Gasteiger partial charge in [-0.25, -0.2) is 0 Å². The molecular weight excluding hydrogens is 150 g/mol. The first kappa shape index (κ1) is 7.59. The van der Waals surface area contributed by atoms with E-state index in [0.717, 1.165) is 18.8 Å². The van der Waals surface area contributed by atoms with E-state index in [2.05, 4.69) is 18.8 Å². The van der Waals surface area contributed by atoms with Crippen molar-refractivity contribution in [3.05, 3.63) is 23.5 Å². The van der Waals surface area contributed by atoms with E-state index in [-0.39, 0.29) is 0 Å². The third-order valence-corrected chi connectivity index (χ3v) is 2.24. The number of hydrogen-bond donors (Lipinski definition) is 0. The van der Waals surface area contributed by atoms with Crippen molar-refractivity contribution in [2.45, 2.75) is 26.2 Å². The lowest BCUT2D eigenvalue weighted by Gasteiger charge is -2.09. The molecule has 0 aromatic carbocycles. The van der Waals surface area contributed by atoms with Crippen LogP contribution in [-0.4, -0.2) is 11.6 Å². The number of rotatable bonds is 1. The third kappa shape index (κ3) is 1.07. The zero-order valence-electron chi connectivity index (χ0n) is 7.50. The van der Waals surface area contributed by atoms with Crippen LogP contribution in [0, 0.1) is 0 Å². The second kappa shape index (κ2) is 2.77. The van der Waals surface area contributed by atoms with Crippen LogP contribution >= 0.6 is 0 Å². The molecule has 0 fully saturated rings. The minimum atomic E-state index is 0.505. The summed E-state index contributed by atoms with van der Waals surface area (Å²) in [7, 11) is 0. The Balaban J connectivity index is 2.49. The van der Waals surface area contributed by atoms with Gasteiger partial charge in [-0.2, -0.15) is 0 Å². The number of nitrogens with zero attached hydrogens (tertiary/aromatic N) is 1. The van der Waals surface area contributed by atoms with Gasteiger partial charge in [-0.1, -0.05) is 13.8 Å². The lowest BCUT2D eigenvalue weighted by Crippen LogP contribution is -1.94. The van der Waals surface area contributed by atoms with Gasteiger partial charge in [0.05, 0.1) is 6.61 Å². The van der Waals surface area contributed by atoms with Crippen LogP contribution < -0.4 is 4.74 Å². The third-order valence-electron chi connectivity index (χ3n) is 2.24. The van der Waals surface area contributed by atoms with Gasteiger partial charge >= 0.3 is 0 Å². The predicted molar refractivity (Wildman–Crippen MR) is 47.5 cm³/mol. The molecule has 1 aliphatic heterocycles. The highest BCUT2D eigenvalue weighted by Crippen LogP contribution is 2.32. The average Bonchev–Trinajstić information content (AvgIpc) is 2.49. The molecule has 2 heterocycles. The van der Waals surface area contributed by atoms with Gasteiger partial charge in [0.25, 0.3) is 0 Å².